The number of benzene rings is 2. The number of hydrogen-bond donors (Lipinski definition) is 1. The molecule has 0 radical (unpaired) electrons. The molecule has 3 aromatic rings. The molecular formula is C26H27F6N3O2. The first-order valence-corrected chi connectivity index (χ1v) is 11.8. The summed E-state index contributed by atoms with van der Waals surface area (Å²) < 4.78 is 87.6. The van der Waals surface area contributed by atoms with E-state index >= 15 is 0 Å². The van der Waals surface area contributed by atoms with Crippen molar-refractivity contribution in [1.29, 1.82) is 0 Å². The van der Waals surface area contributed by atoms with Crippen LogP contribution in [0.25, 0.3) is 0 Å². The van der Waals surface area contributed by atoms with Crippen LogP contribution in [0.3, 0.4) is 0 Å². The van der Waals surface area contributed by atoms with E-state index in [-0.39, 0.29) is 23.9 Å². The van der Waals surface area contributed by atoms with Gasteiger partial charge < -0.3 is 4.74 Å². The number of aromatic nitrogens is 3. The predicted molar refractivity (Wildman–Crippen MR) is 124 cm³/mol. The molecule has 0 aliphatic heterocycles. The lowest BCUT2D eigenvalue weighted by Gasteiger charge is -2.45. The zero-order chi connectivity index (χ0) is 27.1. The lowest BCUT2D eigenvalue weighted by molar-refractivity contribution is -0.143. The van der Waals surface area contributed by atoms with Gasteiger partial charge in [-0.25, -0.2) is 9.89 Å². The summed E-state index contributed by atoms with van der Waals surface area (Å²) in [6.07, 6.45) is -7.04. The van der Waals surface area contributed by atoms with Gasteiger partial charge in [0.25, 0.3) is 0 Å². The van der Waals surface area contributed by atoms with Crippen molar-refractivity contribution in [3.8, 4) is 0 Å². The van der Waals surface area contributed by atoms with Crippen LogP contribution in [0.2, 0.25) is 0 Å². The molecule has 37 heavy (non-hydrogen) atoms. The Balaban J connectivity index is 1.60. The fourth-order valence-electron chi connectivity index (χ4n) is 5.04. The van der Waals surface area contributed by atoms with Gasteiger partial charge in [-0.15, -0.1) is 0 Å². The van der Waals surface area contributed by atoms with Gasteiger partial charge in [0.1, 0.15) is 6.33 Å². The molecule has 2 aromatic carbocycles. The summed E-state index contributed by atoms with van der Waals surface area (Å²) in [7, 11) is 0. The minimum absolute atomic E-state index is 0.0894. The third-order valence-corrected chi connectivity index (χ3v) is 7.49. The van der Waals surface area contributed by atoms with Crippen molar-refractivity contribution in [2.45, 2.75) is 68.9 Å². The van der Waals surface area contributed by atoms with E-state index in [1.807, 2.05) is 37.3 Å². The fraction of sp³-hybridized carbons (Fsp3) is 0.462. The number of ether oxygens (including phenoxy) is 1. The monoisotopic (exact) mass is 527 g/mol. The molecule has 1 saturated carbocycles. The number of aromatic amines is 1. The summed E-state index contributed by atoms with van der Waals surface area (Å²) in [6.45, 7) is 3.50. The Kier molecular flexibility index (Phi) is 7.04. The van der Waals surface area contributed by atoms with Crippen molar-refractivity contribution >= 4 is 0 Å². The van der Waals surface area contributed by atoms with E-state index in [2.05, 4.69) is 10.2 Å². The maximum absolute atomic E-state index is 13.3. The maximum atomic E-state index is 13.3. The van der Waals surface area contributed by atoms with Crippen LogP contribution in [-0.2, 0) is 28.0 Å². The molecule has 0 amide bonds. The average molecular weight is 528 g/mol. The van der Waals surface area contributed by atoms with Gasteiger partial charge in [-0.2, -0.15) is 31.4 Å². The Morgan fingerprint density at radius 1 is 0.973 bits per heavy atom. The number of nitrogens with one attached hydrogen (secondary N) is 1. The van der Waals surface area contributed by atoms with Crippen LogP contribution >= 0.6 is 0 Å². The molecule has 5 nitrogen and oxygen atoms in total. The molecule has 1 aliphatic carbocycles. The van der Waals surface area contributed by atoms with E-state index < -0.39 is 40.5 Å². The summed E-state index contributed by atoms with van der Waals surface area (Å²) >= 11 is 0. The Morgan fingerprint density at radius 3 is 2.03 bits per heavy atom. The number of H-pyrrole nitrogens is 1. The topological polar surface area (TPSA) is 59.9 Å². The Labute approximate surface area is 209 Å². The van der Waals surface area contributed by atoms with Gasteiger partial charge in [-0.1, -0.05) is 30.3 Å². The smallest absolute Gasteiger partial charge is 0.373 e. The van der Waals surface area contributed by atoms with Gasteiger partial charge in [0.15, 0.2) is 0 Å². The van der Waals surface area contributed by atoms with Crippen molar-refractivity contribution in [2.75, 3.05) is 6.61 Å². The first-order valence-electron chi connectivity index (χ1n) is 11.8. The molecule has 0 saturated heterocycles. The van der Waals surface area contributed by atoms with E-state index in [1.54, 1.807) is 4.57 Å². The van der Waals surface area contributed by atoms with Crippen molar-refractivity contribution < 1.29 is 31.1 Å². The minimum atomic E-state index is -4.93. The van der Waals surface area contributed by atoms with E-state index in [9.17, 15) is 31.1 Å². The molecule has 1 aliphatic rings. The second kappa shape index (κ2) is 9.66. The molecule has 4 rings (SSSR count). The van der Waals surface area contributed by atoms with Crippen LogP contribution < -0.4 is 5.69 Å². The van der Waals surface area contributed by atoms with Gasteiger partial charge in [-0.3, -0.25) is 4.57 Å². The van der Waals surface area contributed by atoms with Gasteiger partial charge in [0, 0.05) is 11.0 Å². The molecule has 1 heterocycles. The van der Waals surface area contributed by atoms with E-state index in [1.165, 1.54) is 13.3 Å². The number of rotatable bonds is 6. The molecule has 1 fully saturated rings. The van der Waals surface area contributed by atoms with Gasteiger partial charge in [-0.05, 0) is 68.9 Å². The highest BCUT2D eigenvalue weighted by atomic mass is 19.4. The van der Waals surface area contributed by atoms with Crippen LogP contribution in [0.4, 0.5) is 26.3 Å². The number of alkyl halides is 6. The number of nitrogens with zero attached hydrogens (tertiary/aromatic N) is 2. The molecule has 0 bridgehead atoms. The van der Waals surface area contributed by atoms with Crippen LogP contribution in [0.1, 0.15) is 67.9 Å². The Bertz CT molecular complexity index is 1240. The first kappa shape index (κ1) is 27.0. The lowest BCUT2D eigenvalue weighted by Crippen LogP contribution is -2.46. The van der Waals surface area contributed by atoms with Gasteiger partial charge in [0.05, 0.1) is 23.8 Å². The van der Waals surface area contributed by atoms with Crippen molar-refractivity contribution in [1.82, 2.24) is 14.8 Å². The Hall–Kier alpha value is -3.08. The lowest BCUT2D eigenvalue weighted by atomic mass is 9.65. The average Bonchev–Trinajstić information content (AvgIpc) is 3.30. The zero-order valence-corrected chi connectivity index (χ0v) is 20.3. The highest BCUT2D eigenvalue weighted by molar-refractivity contribution is 5.35. The standard InChI is InChI=1S/C26H27F6N3O2/c1-17(18-12-20(25(27,28)29)14-21(13-18)26(30,31)32)37-15-24(19-6-4-3-5-7-19)10-8-23(2,9-11-24)35-16-33-34-22(35)36/h3-7,12-14,16-17H,8-11,15H2,1-2H3,(H,34,36)/t17-,23-,24+/m1/s1. The highest BCUT2D eigenvalue weighted by Crippen LogP contribution is 2.47. The van der Waals surface area contributed by atoms with Gasteiger partial charge >= 0.3 is 18.0 Å². The molecule has 1 N–H and O–H groups in total. The van der Waals surface area contributed by atoms with E-state index in [4.69, 9.17) is 4.74 Å². The largest absolute Gasteiger partial charge is 0.416 e. The minimum Gasteiger partial charge on any atom is -0.373 e. The van der Waals surface area contributed by atoms with Crippen molar-refractivity contribution in [2.24, 2.45) is 0 Å². The molecule has 200 valence electrons. The van der Waals surface area contributed by atoms with Crippen molar-refractivity contribution in [3.63, 3.8) is 0 Å². The summed E-state index contributed by atoms with van der Waals surface area (Å²) in [5.74, 6) is 0. The molecular weight excluding hydrogens is 500 g/mol. The second-order valence-electron chi connectivity index (χ2n) is 9.97. The molecule has 1 aromatic heterocycles. The number of halogens is 6. The van der Waals surface area contributed by atoms with Crippen LogP contribution in [0.15, 0.2) is 59.7 Å². The summed E-state index contributed by atoms with van der Waals surface area (Å²) in [5, 5.41) is 6.22. The third kappa shape index (κ3) is 5.61. The predicted octanol–water partition coefficient (Wildman–Crippen LogP) is 6.61. The van der Waals surface area contributed by atoms with Crippen LogP contribution in [0, 0.1) is 0 Å². The fourth-order valence-corrected chi connectivity index (χ4v) is 5.04. The quantitative estimate of drug-likeness (QED) is 0.367. The van der Waals surface area contributed by atoms with Crippen LogP contribution in [0.5, 0.6) is 0 Å². The maximum Gasteiger partial charge on any atom is 0.416 e. The Morgan fingerprint density at radius 2 is 1.54 bits per heavy atom. The van der Waals surface area contributed by atoms with E-state index in [0.717, 1.165) is 5.56 Å². The molecule has 1 atom stereocenters. The first-order chi connectivity index (χ1) is 17.2. The summed E-state index contributed by atoms with van der Waals surface area (Å²) in [6, 6.07) is 11.0. The van der Waals surface area contributed by atoms with Crippen LogP contribution in [-0.4, -0.2) is 21.4 Å². The molecule has 0 unspecified atom stereocenters. The highest BCUT2D eigenvalue weighted by Gasteiger charge is 2.44. The molecule has 0 spiro atoms. The SMILES string of the molecule is C[C@@H](OC[C@]1(c2ccccc2)CC[C@@](C)(n2cn[nH]c2=O)CC1)c1cc(C(F)(F)F)cc(C(F)(F)F)c1. The van der Waals surface area contributed by atoms with Crippen molar-refractivity contribution in [3.05, 3.63) is 87.6 Å². The van der Waals surface area contributed by atoms with Gasteiger partial charge in [0.2, 0.25) is 0 Å². The zero-order valence-electron chi connectivity index (χ0n) is 20.3. The summed E-state index contributed by atoms with van der Waals surface area (Å²) in [4.78, 5) is 12.2. The summed E-state index contributed by atoms with van der Waals surface area (Å²) in [5.41, 5.74) is -3.31. The van der Waals surface area contributed by atoms with E-state index in [0.29, 0.717) is 37.8 Å². The normalized spacial score (nSPS) is 23.7. The molecule has 11 heteroatoms. The number of hydrogen-bond acceptors (Lipinski definition) is 3. The third-order valence-electron chi connectivity index (χ3n) is 7.49. The second-order valence-corrected chi connectivity index (χ2v) is 9.97.